The van der Waals surface area contributed by atoms with Crippen molar-refractivity contribution in [1.82, 2.24) is 14.9 Å². The highest BCUT2D eigenvalue weighted by Crippen LogP contribution is 2.30. The zero-order valence-corrected chi connectivity index (χ0v) is 19.5. The number of amides is 1. The molecule has 5 rings (SSSR count). The van der Waals surface area contributed by atoms with Gasteiger partial charge in [0.05, 0.1) is 16.4 Å². The molecule has 1 aliphatic rings. The van der Waals surface area contributed by atoms with Gasteiger partial charge in [0, 0.05) is 37.4 Å². The second-order valence-electron chi connectivity index (χ2n) is 7.97. The predicted octanol–water partition coefficient (Wildman–Crippen LogP) is 5.31. The number of rotatable bonds is 6. The van der Waals surface area contributed by atoms with E-state index in [-0.39, 0.29) is 5.91 Å². The number of carbonyl (C=O) groups excluding carboxylic acids is 1. The molecular weight excluding hydrogens is 436 g/mol. The van der Waals surface area contributed by atoms with Gasteiger partial charge in [-0.15, -0.1) is 22.7 Å². The molecule has 0 fully saturated rings. The Labute approximate surface area is 195 Å². The molecule has 2 aromatic carbocycles. The Balaban J connectivity index is 1.24. The van der Waals surface area contributed by atoms with E-state index < -0.39 is 0 Å². The lowest BCUT2D eigenvalue weighted by Crippen LogP contribution is -2.29. The predicted molar refractivity (Wildman–Crippen MR) is 130 cm³/mol. The van der Waals surface area contributed by atoms with Gasteiger partial charge in [-0.2, -0.15) is 0 Å². The first kappa shape index (κ1) is 21.0. The number of carbonyl (C=O) groups is 1. The molecule has 1 N–H and O–H groups in total. The molecule has 2 aromatic heterocycles. The van der Waals surface area contributed by atoms with Crippen molar-refractivity contribution in [3.63, 3.8) is 0 Å². The van der Waals surface area contributed by atoms with Crippen LogP contribution in [0.3, 0.4) is 0 Å². The van der Waals surface area contributed by atoms with Gasteiger partial charge in [0.2, 0.25) is 0 Å². The van der Waals surface area contributed by atoms with Crippen molar-refractivity contribution in [2.45, 2.75) is 32.9 Å². The van der Waals surface area contributed by atoms with E-state index in [0.29, 0.717) is 10.0 Å². The molecule has 4 aromatic rings. The van der Waals surface area contributed by atoms with Crippen LogP contribution in [-0.4, -0.2) is 27.3 Å². The zero-order chi connectivity index (χ0) is 21.9. The van der Waals surface area contributed by atoms with E-state index in [0.717, 1.165) is 48.9 Å². The highest BCUT2D eigenvalue weighted by molar-refractivity contribution is 7.16. The summed E-state index contributed by atoms with van der Waals surface area (Å²) in [5.41, 5.74) is 4.40. The third kappa shape index (κ3) is 4.80. The van der Waals surface area contributed by atoms with Gasteiger partial charge in [-0.05, 0) is 18.1 Å². The lowest BCUT2D eigenvalue weighted by molar-refractivity contribution is 0.103. The molecule has 1 amide bonds. The van der Waals surface area contributed by atoms with Gasteiger partial charge >= 0.3 is 0 Å². The van der Waals surface area contributed by atoms with Crippen LogP contribution in [0.15, 0.2) is 60.7 Å². The van der Waals surface area contributed by atoms with Gasteiger partial charge in [-0.1, -0.05) is 60.7 Å². The summed E-state index contributed by atoms with van der Waals surface area (Å²) in [6.07, 6.45) is 1.65. The smallest absolute Gasteiger partial charge is 0.269 e. The largest absolute Gasteiger partial charge is 0.297 e. The number of aromatic nitrogens is 2. The summed E-state index contributed by atoms with van der Waals surface area (Å²) in [6.45, 7) is 4.69. The SMILES string of the molecule is Cc1nc(Cc2ccccc2)sc1C(=O)Nc1nc2c(s1)CN(Cc1ccccc1)CC2. The highest BCUT2D eigenvalue weighted by atomic mass is 32.1. The molecule has 162 valence electrons. The van der Waals surface area contributed by atoms with Gasteiger partial charge in [0.1, 0.15) is 4.88 Å². The lowest BCUT2D eigenvalue weighted by atomic mass is 10.1. The summed E-state index contributed by atoms with van der Waals surface area (Å²) in [6, 6.07) is 20.7. The first-order chi connectivity index (χ1) is 15.6. The molecule has 0 aliphatic carbocycles. The standard InChI is InChI=1S/C25H24N4OS2/c1-17-23(32-22(26-17)14-18-8-4-2-5-9-18)24(30)28-25-27-20-12-13-29(16-21(20)31-25)15-19-10-6-3-7-11-19/h2-11H,12-16H2,1H3,(H,27,28,30). The molecule has 0 radical (unpaired) electrons. The third-order valence-corrected chi connectivity index (χ3v) is 7.68. The average Bonchev–Trinajstić information content (AvgIpc) is 3.37. The number of anilines is 1. The highest BCUT2D eigenvalue weighted by Gasteiger charge is 2.23. The van der Waals surface area contributed by atoms with E-state index in [1.807, 2.05) is 31.2 Å². The van der Waals surface area contributed by atoms with Crippen LogP contribution in [0, 0.1) is 6.92 Å². The Morgan fingerprint density at radius 3 is 2.47 bits per heavy atom. The Morgan fingerprint density at radius 2 is 1.72 bits per heavy atom. The molecule has 3 heterocycles. The first-order valence-corrected chi connectivity index (χ1v) is 12.3. The minimum absolute atomic E-state index is 0.119. The van der Waals surface area contributed by atoms with Crippen molar-refractivity contribution < 1.29 is 4.79 Å². The van der Waals surface area contributed by atoms with Crippen molar-refractivity contribution in [3.05, 3.63) is 97.9 Å². The number of aryl methyl sites for hydroxylation is 1. The summed E-state index contributed by atoms with van der Waals surface area (Å²) in [7, 11) is 0. The number of benzene rings is 2. The van der Waals surface area contributed by atoms with Crippen LogP contribution < -0.4 is 5.32 Å². The molecule has 1 aliphatic heterocycles. The monoisotopic (exact) mass is 460 g/mol. The van der Waals surface area contributed by atoms with Gasteiger partial charge < -0.3 is 0 Å². The van der Waals surface area contributed by atoms with Crippen molar-refractivity contribution >= 4 is 33.7 Å². The van der Waals surface area contributed by atoms with Crippen LogP contribution in [0.25, 0.3) is 0 Å². The molecule has 0 unspecified atom stereocenters. The molecule has 7 heteroatoms. The quantitative estimate of drug-likeness (QED) is 0.424. The lowest BCUT2D eigenvalue weighted by Gasteiger charge is -2.25. The third-order valence-electron chi connectivity index (χ3n) is 5.53. The molecular formula is C25H24N4OS2. The summed E-state index contributed by atoms with van der Waals surface area (Å²) in [4.78, 5) is 26.6. The molecule has 0 saturated heterocycles. The fourth-order valence-corrected chi connectivity index (χ4v) is 5.98. The van der Waals surface area contributed by atoms with Crippen LogP contribution >= 0.6 is 22.7 Å². The topological polar surface area (TPSA) is 58.1 Å². The number of nitrogens with zero attached hydrogens (tertiary/aromatic N) is 3. The number of hydrogen-bond acceptors (Lipinski definition) is 6. The fourth-order valence-electron chi connectivity index (χ4n) is 3.94. The van der Waals surface area contributed by atoms with Crippen LogP contribution in [0.5, 0.6) is 0 Å². The maximum atomic E-state index is 12.9. The second kappa shape index (κ2) is 9.32. The second-order valence-corrected chi connectivity index (χ2v) is 10.1. The van der Waals surface area contributed by atoms with Gasteiger partial charge in [0.25, 0.3) is 5.91 Å². The average molecular weight is 461 g/mol. The van der Waals surface area contributed by atoms with E-state index in [9.17, 15) is 4.79 Å². The van der Waals surface area contributed by atoms with Crippen LogP contribution in [0.1, 0.15) is 42.1 Å². The van der Waals surface area contributed by atoms with Crippen molar-refractivity contribution in [3.8, 4) is 0 Å². The zero-order valence-electron chi connectivity index (χ0n) is 17.9. The Hall–Kier alpha value is -2.87. The first-order valence-electron chi connectivity index (χ1n) is 10.7. The van der Waals surface area contributed by atoms with E-state index in [2.05, 4.69) is 51.6 Å². The minimum Gasteiger partial charge on any atom is -0.297 e. The number of nitrogens with one attached hydrogen (secondary N) is 1. The Bertz CT molecular complexity index is 1220. The van der Waals surface area contributed by atoms with Crippen LogP contribution in [0.2, 0.25) is 0 Å². The maximum Gasteiger partial charge on any atom is 0.269 e. The van der Waals surface area contributed by atoms with Gasteiger partial charge in [-0.25, -0.2) is 9.97 Å². The van der Waals surface area contributed by atoms with Gasteiger partial charge in [0.15, 0.2) is 5.13 Å². The number of fused-ring (bicyclic) bond motifs is 1. The van der Waals surface area contributed by atoms with Crippen molar-refractivity contribution in [2.75, 3.05) is 11.9 Å². The van der Waals surface area contributed by atoms with Crippen LogP contribution in [0.4, 0.5) is 5.13 Å². The molecule has 5 nitrogen and oxygen atoms in total. The Morgan fingerprint density at radius 1 is 1.00 bits per heavy atom. The molecule has 0 atom stereocenters. The van der Waals surface area contributed by atoms with Crippen molar-refractivity contribution in [1.29, 1.82) is 0 Å². The molecule has 32 heavy (non-hydrogen) atoms. The summed E-state index contributed by atoms with van der Waals surface area (Å²) in [5.74, 6) is -0.119. The molecule has 0 spiro atoms. The summed E-state index contributed by atoms with van der Waals surface area (Å²) < 4.78 is 0. The molecule has 0 saturated carbocycles. The van der Waals surface area contributed by atoms with E-state index >= 15 is 0 Å². The van der Waals surface area contributed by atoms with Gasteiger partial charge in [-0.3, -0.25) is 15.0 Å². The molecule has 0 bridgehead atoms. The van der Waals surface area contributed by atoms with Crippen LogP contribution in [-0.2, 0) is 25.9 Å². The van der Waals surface area contributed by atoms with E-state index in [1.165, 1.54) is 27.3 Å². The van der Waals surface area contributed by atoms with E-state index in [1.54, 1.807) is 11.3 Å². The summed E-state index contributed by atoms with van der Waals surface area (Å²) >= 11 is 3.05. The summed E-state index contributed by atoms with van der Waals surface area (Å²) in [5, 5.41) is 4.65. The fraction of sp³-hybridized carbons (Fsp3) is 0.240. The maximum absolute atomic E-state index is 12.9. The van der Waals surface area contributed by atoms with E-state index in [4.69, 9.17) is 4.98 Å². The van der Waals surface area contributed by atoms with Crippen molar-refractivity contribution in [2.24, 2.45) is 0 Å². The normalized spacial score (nSPS) is 13.7. The minimum atomic E-state index is -0.119. The number of hydrogen-bond donors (Lipinski definition) is 1. The Kier molecular flexibility index (Phi) is 6.12. The number of thiazole rings is 2.